The molecule has 4 N–H and O–H groups in total. The highest BCUT2D eigenvalue weighted by Crippen LogP contribution is 2.39. The normalized spacial score (nSPS) is 16.5. The molecule has 0 amide bonds. The number of nitriles is 1. The lowest BCUT2D eigenvalue weighted by Crippen LogP contribution is -2.24. The van der Waals surface area contributed by atoms with E-state index in [4.69, 9.17) is 18.0 Å². The minimum absolute atomic E-state index is 0.195. The van der Waals surface area contributed by atoms with E-state index >= 15 is 0 Å². The number of nitrogens with one attached hydrogen (secondary N) is 2. The van der Waals surface area contributed by atoms with Crippen LogP contribution in [-0.4, -0.2) is 20.4 Å². The molecule has 0 fully saturated rings. The van der Waals surface area contributed by atoms with Crippen LogP contribution in [0.5, 0.6) is 0 Å². The molecule has 3 aromatic rings. The summed E-state index contributed by atoms with van der Waals surface area (Å²) in [5, 5.41) is 14.4. The van der Waals surface area contributed by atoms with Crippen molar-refractivity contribution in [3.05, 3.63) is 93.8 Å². The van der Waals surface area contributed by atoms with Crippen molar-refractivity contribution in [1.29, 1.82) is 5.26 Å². The topological polar surface area (TPSA) is 107 Å². The summed E-state index contributed by atoms with van der Waals surface area (Å²) in [6.45, 7) is 3.86. The monoisotopic (exact) mass is 459 g/mol. The van der Waals surface area contributed by atoms with E-state index in [0.717, 1.165) is 28.4 Å². The molecule has 0 aliphatic carbocycles. The molecule has 1 aliphatic heterocycles. The SMILES string of the molecule is C/C(=N\NC1=NC(N)=C(C#N)C(c2ccccc2)S1)c1c(C)[nH]c(=S)n1-c1ccccc1. The summed E-state index contributed by atoms with van der Waals surface area (Å²) in [7, 11) is 0. The van der Waals surface area contributed by atoms with Gasteiger partial charge in [0.05, 0.1) is 22.2 Å². The van der Waals surface area contributed by atoms with Gasteiger partial charge in [-0.3, -0.25) is 9.99 Å². The van der Waals surface area contributed by atoms with E-state index in [1.165, 1.54) is 11.8 Å². The summed E-state index contributed by atoms with van der Waals surface area (Å²) in [4.78, 5) is 7.56. The number of para-hydroxylation sites is 1. The van der Waals surface area contributed by atoms with E-state index < -0.39 is 0 Å². The number of rotatable bonds is 4. The molecule has 1 unspecified atom stereocenters. The van der Waals surface area contributed by atoms with Crippen molar-refractivity contribution < 1.29 is 0 Å². The number of amidine groups is 1. The lowest BCUT2D eigenvalue weighted by atomic mass is 10.1. The Hall–Kier alpha value is -3.61. The summed E-state index contributed by atoms with van der Waals surface area (Å²) < 4.78 is 2.55. The van der Waals surface area contributed by atoms with Crippen LogP contribution in [0.15, 0.2) is 82.2 Å². The van der Waals surface area contributed by atoms with Gasteiger partial charge in [0, 0.05) is 11.4 Å². The molecule has 2 aromatic carbocycles. The molecule has 0 saturated carbocycles. The Morgan fingerprint density at radius 2 is 1.88 bits per heavy atom. The smallest absolute Gasteiger partial charge is 0.184 e. The predicted octanol–water partition coefficient (Wildman–Crippen LogP) is 4.69. The van der Waals surface area contributed by atoms with Crippen molar-refractivity contribution in [2.24, 2.45) is 15.8 Å². The van der Waals surface area contributed by atoms with Gasteiger partial charge >= 0.3 is 0 Å². The standard InChI is InChI=1S/C23H21N7S2/c1-14-19(30(23(31)26-14)17-11-7-4-8-12-17)15(2)28-29-22-27-21(25)18(13-24)20(32-22)16-9-5-3-6-10-16/h3-12,20H,25H2,1-2H3,(H,26,31)(H,27,29)/b28-15+. The van der Waals surface area contributed by atoms with Crippen molar-refractivity contribution in [3.8, 4) is 11.8 Å². The molecule has 0 radical (unpaired) electrons. The number of H-pyrrole nitrogens is 1. The van der Waals surface area contributed by atoms with E-state index in [9.17, 15) is 5.26 Å². The van der Waals surface area contributed by atoms with E-state index in [0.29, 0.717) is 15.5 Å². The van der Waals surface area contributed by atoms with E-state index in [1.807, 2.05) is 79.1 Å². The van der Waals surface area contributed by atoms with Crippen LogP contribution in [0.2, 0.25) is 0 Å². The summed E-state index contributed by atoms with van der Waals surface area (Å²) in [5.41, 5.74) is 14.0. The van der Waals surface area contributed by atoms with Gasteiger partial charge in [-0.25, -0.2) is 4.99 Å². The van der Waals surface area contributed by atoms with Gasteiger partial charge in [0.25, 0.3) is 0 Å². The Balaban J connectivity index is 1.65. The lowest BCUT2D eigenvalue weighted by molar-refractivity contribution is 0.981. The number of hydrogen-bond acceptors (Lipinski definition) is 7. The van der Waals surface area contributed by atoms with Crippen LogP contribution in [0.25, 0.3) is 5.69 Å². The highest BCUT2D eigenvalue weighted by molar-refractivity contribution is 8.14. The molecule has 1 atom stereocenters. The van der Waals surface area contributed by atoms with Crippen molar-refractivity contribution in [3.63, 3.8) is 0 Å². The van der Waals surface area contributed by atoms with Gasteiger partial charge in [-0.2, -0.15) is 10.4 Å². The number of aromatic nitrogens is 2. The maximum atomic E-state index is 9.58. The summed E-state index contributed by atoms with van der Waals surface area (Å²) >= 11 is 6.94. The van der Waals surface area contributed by atoms with Gasteiger partial charge in [0.1, 0.15) is 11.9 Å². The fourth-order valence-electron chi connectivity index (χ4n) is 3.52. The fourth-order valence-corrected chi connectivity index (χ4v) is 4.92. The Morgan fingerprint density at radius 3 is 2.53 bits per heavy atom. The van der Waals surface area contributed by atoms with Gasteiger partial charge in [-0.1, -0.05) is 60.3 Å². The van der Waals surface area contributed by atoms with Crippen LogP contribution in [0.1, 0.15) is 29.1 Å². The molecule has 4 rings (SSSR count). The minimum Gasteiger partial charge on any atom is -0.383 e. The van der Waals surface area contributed by atoms with Crippen LogP contribution >= 0.6 is 24.0 Å². The van der Waals surface area contributed by atoms with Crippen LogP contribution in [0.4, 0.5) is 0 Å². The first-order chi connectivity index (χ1) is 15.5. The van der Waals surface area contributed by atoms with Gasteiger partial charge in [0.2, 0.25) is 0 Å². The Morgan fingerprint density at radius 1 is 1.22 bits per heavy atom. The van der Waals surface area contributed by atoms with Crippen LogP contribution in [0.3, 0.4) is 0 Å². The Labute approximate surface area is 195 Å². The largest absolute Gasteiger partial charge is 0.383 e. The van der Waals surface area contributed by atoms with E-state index in [2.05, 4.69) is 26.6 Å². The molecule has 1 aliphatic rings. The first kappa shape index (κ1) is 21.6. The van der Waals surface area contributed by atoms with E-state index in [1.54, 1.807) is 0 Å². The van der Waals surface area contributed by atoms with Gasteiger partial charge in [0.15, 0.2) is 9.94 Å². The second kappa shape index (κ2) is 9.26. The third-order valence-electron chi connectivity index (χ3n) is 4.97. The van der Waals surface area contributed by atoms with Crippen molar-refractivity contribution >= 4 is 34.9 Å². The van der Waals surface area contributed by atoms with Gasteiger partial charge in [-0.05, 0) is 43.8 Å². The zero-order valence-electron chi connectivity index (χ0n) is 17.5. The molecule has 7 nitrogen and oxygen atoms in total. The number of thioether (sulfide) groups is 1. The molecule has 0 bridgehead atoms. The second-order valence-electron chi connectivity index (χ2n) is 7.12. The van der Waals surface area contributed by atoms with E-state index in [-0.39, 0.29) is 11.1 Å². The summed E-state index contributed by atoms with van der Waals surface area (Å²) in [5.74, 6) is 0.195. The average Bonchev–Trinajstić information content (AvgIpc) is 3.11. The highest BCUT2D eigenvalue weighted by Gasteiger charge is 2.27. The van der Waals surface area contributed by atoms with Gasteiger partial charge < -0.3 is 10.7 Å². The number of imidazole rings is 1. The first-order valence-electron chi connectivity index (χ1n) is 9.87. The Bertz CT molecular complexity index is 1330. The molecule has 0 spiro atoms. The summed E-state index contributed by atoms with van der Waals surface area (Å²) in [6.07, 6.45) is 0. The van der Waals surface area contributed by atoms with Crippen LogP contribution in [0, 0.1) is 23.0 Å². The third-order valence-corrected chi connectivity index (χ3v) is 6.40. The number of nitrogens with two attached hydrogens (primary N) is 1. The number of aliphatic imine (C=N–C) groups is 1. The quantitative estimate of drug-likeness (QED) is 0.298. The maximum absolute atomic E-state index is 9.58. The number of hydrazone groups is 1. The van der Waals surface area contributed by atoms with Crippen molar-refractivity contribution in [2.45, 2.75) is 19.1 Å². The molecule has 160 valence electrons. The van der Waals surface area contributed by atoms with Crippen LogP contribution in [-0.2, 0) is 0 Å². The predicted molar refractivity (Wildman–Crippen MR) is 132 cm³/mol. The molecule has 2 heterocycles. The molecule has 9 heteroatoms. The van der Waals surface area contributed by atoms with Crippen molar-refractivity contribution in [2.75, 3.05) is 0 Å². The molecule has 1 aromatic heterocycles. The third kappa shape index (κ3) is 4.23. The number of hydrogen-bond donors (Lipinski definition) is 3. The number of aryl methyl sites for hydroxylation is 1. The van der Waals surface area contributed by atoms with Gasteiger partial charge in [-0.15, -0.1) is 0 Å². The highest BCUT2D eigenvalue weighted by atomic mass is 32.2. The number of nitrogens with zero attached hydrogens (tertiary/aromatic N) is 4. The van der Waals surface area contributed by atoms with Crippen LogP contribution < -0.4 is 11.2 Å². The average molecular weight is 460 g/mol. The Kier molecular flexibility index (Phi) is 6.25. The zero-order chi connectivity index (χ0) is 22.7. The van der Waals surface area contributed by atoms with Crippen molar-refractivity contribution in [1.82, 2.24) is 15.0 Å². The maximum Gasteiger partial charge on any atom is 0.184 e. The zero-order valence-corrected chi connectivity index (χ0v) is 19.2. The summed E-state index contributed by atoms with van der Waals surface area (Å²) in [6, 6.07) is 21.8. The molecule has 32 heavy (non-hydrogen) atoms. The second-order valence-corrected chi connectivity index (χ2v) is 8.60. The molecular weight excluding hydrogens is 438 g/mol. The number of benzene rings is 2. The fraction of sp³-hybridized carbons (Fsp3) is 0.130. The molecular formula is C23H21N7S2. The lowest BCUT2D eigenvalue weighted by Gasteiger charge is -2.22. The first-order valence-corrected chi connectivity index (χ1v) is 11.2. The number of aromatic amines is 1. The molecule has 0 saturated heterocycles. The minimum atomic E-state index is -0.251.